The van der Waals surface area contributed by atoms with Crippen molar-refractivity contribution in [3.63, 3.8) is 0 Å². The number of nitrogens with zero attached hydrogens (tertiary/aromatic N) is 2. The molecule has 0 spiro atoms. The number of rotatable bonds is 7. The van der Waals surface area contributed by atoms with E-state index in [0.717, 1.165) is 0 Å². The fraction of sp³-hybridized carbons (Fsp3) is 0.440. The van der Waals surface area contributed by atoms with Crippen LogP contribution in [0.2, 0.25) is 0 Å². The number of carbonyl (C=O) groups excluding carboxylic acids is 2. The summed E-state index contributed by atoms with van der Waals surface area (Å²) in [5.41, 5.74) is 1.78. The number of benzene rings is 2. The van der Waals surface area contributed by atoms with Gasteiger partial charge in [-0.05, 0) is 42.3 Å². The lowest BCUT2D eigenvalue weighted by molar-refractivity contribution is -0.119. The number of likely N-dealkylation sites (tertiary alicyclic amines) is 1. The largest absolute Gasteiger partial charge is 0.442 e. The van der Waals surface area contributed by atoms with Crippen LogP contribution in [0.5, 0.6) is 0 Å². The van der Waals surface area contributed by atoms with Gasteiger partial charge in [0.2, 0.25) is 5.91 Å². The first-order chi connectivity index (χ1) is 16.6. The van der Waals surface area contributed by atoms with Crippen LogP contribution in [0.3, 0.4) is 0 Å². The van der Waals surface area contributed by atoms with Gasteiger partial charge in [0.05, 0.1) is 31.4 Å². The minimum atomic E-state index is -2.73. The van der Waals surface area contributed by atoms with E-state index in [1.165, 1.54) is 17.9 Å². The van der Waals surface area contributed by atoms with Crippen LogP contribution in [-0.4, -0.2) is 66.8 Å². The van der Waals surface area contributed by atoms with Crippen molar-refractivity contribution in [3.8, 4) is 11.1 Å². The Balaban J connectivity index is 1.40. The van der Waals surface area contributed by atoms with Crippen LogP contribution >= 0.6 is 0 Å². The number of hydrogen-bond acceptors (Lipinski definition) is 5. The summed E-state index contributed by atoms with van der Waals surface area (Å²) in [6.07, 6.45) is -1.81. The van der Waals surface area contributed by atoms with Gasteiger partial charge >= 0.3 is 6.09 Å². The number of halogens is 3. The van der Waals surface area contributed by atoms with Gasteiger partial charge in [0.25, 0.3) is 5.92 Å². The number of cyclic esters (lactones) is 1. The van der Waals surface area contributed by atoms with Crippen molar-refractivity contribution in [3.05, 3.63) is 53.8 Å². The van der Waals surface area contributed by atoms with Crippen molar-refractivity contribution in [2.45, 2.75) is 37.9 Å². The number of carbonyl (C=O) groups is 2. The van der Waals surface area contributed by atoms with E-state index in [1.54, 1.807) is 41.3 Å². The van der Waals surface area contributed by atoms with E-state index in [-0.39, 0.29) is 38.5 Å². The van der Waals surface area contributed by atoms with Gasteiger partial charge in [-0.1, -0.05) is 24.3 Å². The van der Waals surface area contributed by atoms with Gasteiger partial charge < -0.3 is 15.2 Å². The molecule has 0 aromatic heterocycles. The number of alkyl halides is 2. The Labute approximate surface area is 201 Å². The minimum absolute atomic E-state index is 0.104. The number of nitrogens with one attached hydrogen (secondary N) is 1. The van der Waals surface area contributed by atoms with Crippen molar-refractivity contribution in [2.75, 3.05) is 37.6 Å². The number of hydrogen-bond donors (Lipinski definition) is 2. The zero-order chi connectivity index (χ0) is 25.2. The molecule has 0 aliphatic carbocycles. The summed E-state index contributed by atoms with van der Waals surface area (Å²) >= 11 is 0. The molecule has 2 atom stereocenters. The Kier molecular flexibility index (Phi) is 7.32. The molecule has 2 N–H and O–H groups in total. The Hall–Kier alpha value is -3.11. The second kappa shape index (κ2) is 10.2. The normalized spacial score (nSPS) is 21.0. The molecule has 35 heavy (non-hydrogen) atoms. The first-order valence-electron chi connectivity index (χ1n) is 11.5. The number of anilines is 1. The highest BCUT2D eigenvalue weighted by Gasteiger charge is 2.36. The molecular formula is C25H28F3N3O4. The van der Waals surface area contributed by atoms with Gasteiger partial charge in [0.15, 0.2) is 0 Å². The number of aliphatic hydroxyl groups excluding tert-OH is 1. The summed E-state index contributed by atoms with van der Waals surface area (Å²) in [5.74, 6) is -3.50. The first-order valence-corrected chi connectivity index (χ1v) is 11.5. The summed E-state index contributed by atoms with van der Waals surface area (Å²) in [5, 5.41) is 13.1. The molecule has 2 aliphatic rings. The molecule has 2 saturated heterocycles. The van der Waals surface area contributed by atoms with E-state index in [1.807, 2.05) is 0 Å². The molecule has 2 aliphatic heterocycles. The van der Waals surface area contributed by atoms with E-state index in [9.17, 15) is 27.9 Å². The lowest BCUT2D eigenvalue weighted by atomic mass is 10.00. The zero-order valence-corrected chi connectivity index (χ0v) is 19.3. The fourth-order valence-corrected chi connectivity index (χ4v) is 4.44. The molecule has 2 aromatic carbocycles. The minimum Gasteiger partial charge on any atom is -0.442 e. The average Bonchev–Trinajstić information content (AvgIpc) is 3.17. The molecule has 2 heterocycles. The molecule has 2 fully saturated rings. The van der Waals surface area contributed by atoms with Gasteiger partial charge in [0.1, 0.15) is 11.9 Å². The number of β-amino-alcohol motifs (C(OH)–C–C–N with tert-alkyl or cyclic N) is 1. The van der Waals surface area contributed by atoms with Crippen molar-refractivity contribution in [2.24, 2.45) is 0 Å². The predicted octanol–water partition coefficient (Wildman–Crippen LogP) is 3.72. The van der Waals surface area contributed by atoms with Crippen molar-refractivity contribution in [1.82, 2.24) is 10.2 Å². The highest BCUT2D eigenvalue weighted by atomic mass is 19.3. The summed E-state index contributed by atoms with van der Waals surface area (Å²) in [6.45, 7) is 1.99. The van der Waals surface area contributed by atoms with Crippen molar-refractivity contribution < 1.29 is 32.6 Å². The van der Waals surface area contributed by atoms with E-state index in [0.29, 0.717) is 35.3 Å². The maximum Gasteiger partial charge on any atom is 0.414 e. The maximum absolute atomic E-state index is 14.9. The highest BCUT2D eigenvalue weighted by Crippen LogP contribution is 2.31. The van der Waals surface area contributed by atoms with Gasteiger partial charge in [-0.15, -0.1) is 0 Å². The third kappa shape index (κ3) is 6.12. The van der Waals surface area contributed by atoms with Crippen LogP contribution in [0.4, 0.5) is 23.7 Å². The van der Waals surface area contributed by atoms with Crippen LogP contribution in [-0.2, 0) is 9.53 Å². The Morgan fingerprint density at radius 3 is 2.66 bits per heavy atom. The summed E-state index contributed by atoms with van der Waals surface area (Å²) in [6, 6.07) is 11.0. The maximum atomic E-state index is 14.9. The number of aliphatic hydroxyl groups is 1. The summed E-state index contributed by atoms with van der Waals surface area (Å²) in [4.78, 5) is 26.1. The molecule has 0 radical (unpaired) electrons. The fourth-order valence-electron chi connectivity index (χ4n) is 4.44. The molecular weight excluding hydrogens is 463 g/mol. The SMILES string of the molecule is CC(=O)NCC1CN(c2ccc(-c3ccc(C(O)CN4CCCC(F)(F)C4)cc3)c(F)c2)C(=O)O1. The van der Waals surface area contributed by atoms with Crippen LogP contribution in [0.1, 0.15) is 31.4 Å². The van der Waals surface area contributed by atoms with Gasteiger partial charge in [-0.25, -0.2) is 18.0 Å². The smallest absolute Gasteiger partial charge is 0.414 e. The highest BCUT2D eigenvalue weighted by molar-refractivity contribution is 5.90. The molecule has 0 saturated carbocycles. The molecule has 2 unspecified atom stereocenters. The zero-order valence-electron chi connectivity index (χ0n) is 19.3. The van der Waals surface area contributed by atoms with E-state index < -0.39 is 30.0 Å². The Morgan fingerprint density at radius 1 is 1.26 bits per heavy atom. The monoisotopic (exact) mass is 491 g/mol. The average molecular weight is 492 g/mol. The number of amides is 2. The van der Waals surface area contributed by atoms with Crippen LogP contribution in [0.25, 0.3) is 11.1 Å². The quantitative estimate of drug-likeness (QED) is 0.617. The predicted molar refractivity (Wildman–Crippen MR) is 124 cm³/mol. The Bertz CT molecular complexity index is 1080. The standard InChI is InChI=1S/C25H28F3N3O4/c1-16(32)29-12-20-13-31(24(34)35-20)19-7-8-21(22(26)11-19)17-3-5-18(6-4-17)23(33)14-30-10-2-9-25(27,28)15-30/h3-8,11,20,23,33H,2,9-10,12-15H2,1H3,(H,29,32). The third-order valence-electron chi connectivity index (χ3n) is 6.23. The molecule has 4 rings (SSSR count). The molecule has 10 heteroatoms. The van der Waals surface area contributed by atoms with Crippen LogP contribution in [0.15, 0.2) is 42.5 Å². The van der Waals surface area contributed by atoms with E-state index in [2.05, 4.69) is 5.32 Å². The second-order valence-electron chi connectivity index (χ2n) is 9.05. The summed E-state index contributed by atoms with van der Waals surface area (Å²) < 4.78 is 47.4. The van der Waals surface area contributed by atoms with Gasteiger partial charge in [0, 0.05) is 25.5 Å². The number of piperidine rings is 1. The van der Waals surface area contributed by atoms with Crippen LogP contribution < -0.4 is 10.2 Å². The van der Waals surface area contributed by atoms with Gasteiger partial charge in [-0.3, -0.25) is 14.6 Å². The van der Waals surface area contributed by atoms with Crippen LogP contribution in [0, 0.1) is 5.82 Å². The van der Waals surface area contributed by atoms with E-state index >= 15 is 0 Å². The third-order valence-corrected chi connectivity index (χ3v) is 6.23. The topological polar surface area (TPSA) is 82.1 Å². The molecule has 0 bridgehead atoms. The van der Waals surface area contributed by atoms with E-state index in [4.69, 9.17) is 4.74 Å². The lowest BCUT2D eigenvalue weighted by Crippen LogP contribution is -2.44. The molecule has 7 nitrogen and oxygen atoms in total. The molecule has 188 valence electrons. The number of ether oxygens (including phenoxy) is 1. The van der Waals surface area contributed by atoms with Gasteiger partial charge in [-0.2, -0.15) is 0 Å². The van der Waals surface area contributed by atoms with Crippen molar-refractivity contribution in [1.29, 1.82) is 0 Å². The first kappa shape index (κ1) is 25.0. The molecule has 2 aromatic rings. The van der Waals surface area contributed by atoms with Crippen molar-refractivity contribution >= 4 is 17.7 Å². The summed E-state index contributed by atoms with van der Waals surface area (Å²) in [7, 11) is 0. The second-order valence-corrected chi connectivity index (χ2v) is 9.05. The lowest BCUT2D eigenvalue weighted by Gasteiger charge is -2.33. The molecule has 2 amide bonds. The Morgan fingerprint density at radius 2 is 2.00 bits per heavy atom.